The monoisotopic (exact) mass is 260 g/mol. The molecule has 0 aliphatic heterocycles. The van der Waals surface area contributed by atoms with E-state index >= 15 is 0 Å². The summed E-state index contributed by atoms with van der Waals surface area (Å²) in [6.07, 6.45) is 0.872. The molecule has 1 aromatic carbocycles. The van der Waals surface area contributed by atoms with E-state index in [1.807, 2.05) is 0 Å². The Morgan fingerprint density at radius 1 is 1.29 bits per heavy atom. The van der Waals surface area contributed by atoms with Gasteiger partial charge < -0.3 is 14.4 Å². The molecule has 0 saturated heterocycles. The van der Waals surface area contributed by atoms with Crippen LogP contribution in [-0.2, 0) is 25.5 Å². The second kappa shape index (κ2) is 5.05. The van der Waals surface area contributed by atoms with Gasteiger partial charge in [-0.15, -0.1) is 0 Å². The number of hydrogen-bond acceptors (Lipinski definition) is 6. The van der Waals surface area contributed by atoms with Gasteiger partial charge >= 0.3 is 16.1 Å². The quantitative estimate of drug-likeness (QED) is 0.605. The Kier molecular flexibility index (Phi) is 3.95. The summed E-state index contributed by atoms with van der Waals surface area (Å²) in [6.45, 7) is 0. The fourth-order valence-corrected chi connectivity index (χ4v) is 1.60. The summed E-state index contributed by atoms with van der Waals surface area (Å²) < 4.78 is 25.4. The number of aromatic hydroxyl groups is 2. The van der Waals surface area contributed by atoms with E-state index in [0.29, 0.717) is 5.56 Å². The molecule has 17 heavy (non-hydrogen) atoms. The summed E-state index contributed by atoms with van der Waals surface area (Å²) in [5.41, 5.74) is 0.589. The lowest BCUT2D eigenvalue weighted by Crippen LogP contribution is -2.11. The van der Waals surface area contributed by atoms with Crippen LogP contribution < -0.4 is 0 Å². The van der Waals surface area contributed by atoms with E-state index in [9.17, 15) is 18.3 Å². The van der Waals surface area contributed by atoms with Crippen LogP contribution in [0.4, 0.5) is 0 Å². The molecular formula is C10H12O6S. The van der Waals surface area contributed by atoms with Gasteiger partial charge in [0, 0.05) is 0 Å². The summed E-state index contributed by atoms with van der Waals surface area (Å²) >= 11 is 0. The molecular weight excluding hydrogens is 248 g/mol. The van der Waals surface area contributed by atoms with Crippen molar-refractivity contribution < 1.29 is 27.6 Å². The molecule has 0 aliphatic rings. The van der Waals surface area contributed by atoms with Gasteiger partial charge in [-0.2, -0.15) is 8.42 Å². The normalized spacial score (nSPS) is 11.1. The smallest absolute Gasteiger partial charge is 0.322 e. The number of rotatable bonds is 4. The zero-order valence-corrected chi connectivity index (χ0v) is 9.90. The SMILES string of the molecule is CS(=O)(=O)OC(=O)CCc1ccc(O)c(O)c1. The van der Waals surface area contributed by atoms with Gasteiger partial charge in [0.2, 0.25) is 0 Å². The van der Waals surface area contributed by atoms with Crippen LogP contribution in [0.3, 0.4) is 0 Å². The largest absolute Gasteiger partial charge is 0.504 e. The summed E-state index contributed by atoms with van der Waals surface area (Å²) in [4.78, 5) is 11.1. The van der Waals surface area contributed by atoms with E-state index in [2.05, 4.69) is 4.18 Å². The first-order valence-electron chi connectivity index (χ1n) is 4.71. The van der Waals surface area contributed by atoms with Gasteiger partial charge in [0.1, 0.15) is 0 Å². The highest BCUT2D eigenvalue weighted by molar-refractivity contribution is 7.86. The lowest BCUT2D eigenvalue weighted by molar-refractivity contribution is -0.133. The first-order chi connectivity index (χ1) is 7.78. The van der Waals surface area contributed by atoms with E-state index < -0.39 is 16.1 Å². The van der Waals surface area contributed by atoms with Crippen LogP contribution in [0.25, 0.3) is 0 Å². The van der Waals surface area contributed by atoms with Crippen molar-refractivity contribution in [2.24, 2.45) is 0 Å². The van der Waals surface area contributed by atoms with Crippen LogP contribution in [0, 0.1) is 0 Å². The molecule has 0 saturated carbocycles. The number of benzene rings is 1. The van der Waals surface area contributed by atoms with Crippen LogP contribution in [0.5, 0.6) is 11.5 Å². The van der Waals surface area contributed by atoms with Crippen molar-refractivity contribution in [1.29, 1.82) is 0 Å². The van der Waals surface area contributed by atoms with Crippen molar-refractivity contribution in [3.63, 3.8) is 0 Å². The van der Waals surface area contributed by atoms with Gasteiger partial charge in [-0.1, -0.05) is 6.07 Å². The van der Waals surface area contributed by atoms with Gasteiger partial charge in [0.05, 0.1) is 12.7 Å². The fraction of sp³-hybridized carbons (Fsp3) is 0.300. The maximum Gasteiger partial charge on any atom is 0.322 e. The third-order valence-corrected chi connectivity index (χ3v) is 2.39. The predicted octanol–water partition coefficient (Wildman–Crippen LogP) is 0.533. The zero-order chi connectivity index (χ0) is 13.1. The molecule has 7 heteroatoms. The average molecular weight is 260 g/mol. The minimum Gasteiger partial charge on any atom is -0.504 e. The summed E-state index contributed by atoms with van der Waals surface area (Å²) in [5.74, 6) is -1.41. The Morgan fingerprint density at radius 3 is 2.47 bits per heavy atom. The number of phenols is 2. The van der Waals surface area contributed by atoms with E-state index in [-0.39, 0.29) is 24.3 Å². The van der Waals surface area contributed by atoms with Crippen molar-refractivity contribution in [3.8, 4) is 11.5 Å². The predicted molar refractivity (Wildman–Crippen MR) is 59.0 cm³/mol. The molecule has 0 fully saturated rings. The van der Waals surface area contributed by atoms with Gasteiger partial charge in [0.25, 0.3) is 0 Å². The van der Waals surface area contributed by atoms with Crippen molar-refractivity contribution in [3.05, 3.63) is 23.8 Å². The fourth-order valence-electron chi connectivity index (χ4n) is 1.18. The Bertz CT molecular complexity index is 520. The van der Waals surface area contributed by atoms with Crippen LogP contribution in [-0.4, -0.2) is 30.9 Å². The average Bonchev–Trinajstić information content (AvgIpc) is 2.17. The maximum atomic E-state index is 11.1. The molecule has 0 heterocycles. The van der Waals surface area contributed by atoms with E-state index in [1.165, 1.54) is 18.2 Å². The zero-order valence-electron chi connectivity index (χ0n) is 9.08. The second-order valence-electron chi connectivity index (χ2n) is 3.48. The van der Waals surface area contributed by atoms with E-state index in [4.69, 9.17) is 5.11 Å². The van der Waals surface area contributed by atoms with Gasteiger partial charge in [-0.25, -0.2) is 0 Å². The minimum atomic E-state index is -3.78. The Labute approximate surface area is 98.6 Å². The molecule has 0 radical (unpaired) electrons. The lowest BCUT2D eigenvalue weighted by atomic mass is 10.1. The van der Waals surface area contributed by atoms with E-state index in [0.717, 1.165) is 6.26 Å². The van der Waals surface area contributed by atoms with Gasteiger partial charge in [0.15, 0.2) is 11.5 Å². The second-order valence-corrected chi connectivity index (χ2v) is 5.06. The standard InChI is InChI=1S/C10H12O6S/c1-17(14,15)16-10(13)5-3-7-2-4-8(11)9(12)6-7/h2,4,6,11-12H,3,5H2,1H3. The highest BCUT2D eigenvalue weighted by atomic mass is 32.2. The first kappa shape index (κ1) is 13.3. The Hall–Kier alpha value is -1.76. The van der Waals surface area contributed by atoms with Crippen LogP contribution >= 0.6 is 0 Å². The first-order valence-corrected chi connectivity index (χ1v) is 6.53. The Balaban J connectivity index is 2.56. The van der Waals surface area contributed by atoms with Crippen LogP contribution in [0.2, 0.25) is 0 Å². The molecule has 6 nitrogen and oxygen atoms in total. The highest BCUT2D eigenvalue weighted by Crippen LogP contribution is 2.25. The molecule has 0 bridgehead atoms. The molecule has 0 aliphatic carbocycles. The van der Waals surface area contributed by atoms with Gasteiger partial charge in [-0.3, -0.25) is 4.79 Å². The number of carbonyl (C=O) groups is 1. The highest BCUT2D eigenvalue weighted by Gasteiger charge is 2.11. The topological polar surface area (TPSA) is 101 Å². The number of phenolic OH excluding ortho intramolecular Hbond substituents is 2. The number of hydrogen-bond donors (Lipinski definition) is 2. The van der Waals surface area contributed by atoms with Gasteiger partial charge in [-0.05, 0) is 24.1 Å². The molecule has 0 unspecified atom stereocenters. The third kappa shape index (κ3) is 4.73. The molecule has 0 amide bonds. The number of aryl methyl sites for hydroxylation is 1. The molecule has 2 N–H and O–H groups in total. The minimum absolute atomic E-state index is 0.128. The number of carbonyl (C=O) groups excluding carboxylic acids is 1. The van der Waals surface area contributed by atoms with Crippen molar-refractivity contribution in [2.75, 3.05) is 6.26 Å². The summed E-state index contributed by atoms with van der Waals surface area (Å²) in [7, 11) is -3.78. The van der Waals surface area contributed by atoms with Crippen molar-refractivity contribution >= 4 is 16.1 Å². The molecule has 0 aromatic heterocycles. The van der Waals surface area contributed by atoms with Crippen molar-refractivity contribution in [2.45, 2.75) is 12.8 Å². The molecule has 1 rings (SSSR count). The van der Waals surface area contributed by atoms with E-state index in [1.54, 1.807) is 0 Å². The molecule has 1 aromatic rings. The Morgan fingerprint density at radius 2 is 1.94 bits per heavy atom. The van der Waals surface area contributed by atoms with Crippen LogP contribution in [0.1, 0.15) is 12.0 Å². The lowest BCUT2D eigenvalue weighted by Gasteiger charge is -2.03. The summed E-state index contributed by atoms with van der Waals surface area (Å²) in [6, 6.07) is 4.10. The third-order valence-electron chi connectivity index (χ3n) is 1.90. The maximum absolute atomic E-state index is 11.1. The molecule has 0 spiro atoms. The van der Waals surface area contributed by atoms with Crippen LogP contribution in [0.15, 0.2) is 18.2 Å². The van der Waals surface area contributed by atoms with Crippen molar-refractivity contribution in [1.82, 2.24) is 0 Å². The molecule has 94 valence electrons. The summed E-state index contributed by atoms with van der Waals surface area (Å²) in [5, 5.41) is 18.2. The molecule has 0 atom stereocenters.